The third kappa shape index (κ3) is 1.90. The van der Waals surface area contributed by atoms with E-state index < -0.39 is 0 Å². The fraction of sp³-hybridized carbons (Fsp3) is 0.200. The highest BCUT2D eigenvalue weighted by Crippen LogP contribution is 2.18. The summed E-state index contributed by atoms with van der Waals surface area (Å²) < 4.78 is 12.8. The third-order valence-electron chi connectivity index (χ3n) is 2.02. The van der Waals surface area contributed by atoms with Gasteiger partial charge in [0.2, 0.25) is 0 Å². The van der Waals surface area contributed by atoms with Gasteiger partial charge in [0.15, 0.2) is 0 Å². The lowest BCUT2D eigenvalue weighted by atomic mass is 10.1. The van der Waals surface area contributed by atoms with E-state index in [-0.39, 0.29) is 10.8 Å². The van der Waals surface area contributed by atoms with Crippen molar-refractivity contribution in [1.29, 1.82) is 0 Å². The summed E-state index contributed by atoms with van der Waals surface area (Å²) in [7, 11) is 0. The van der Waals surface area contributed by atoms with E-state index in [4.69, 9.17) is 11.6 Å². The summed E-state index contributed by atoms with van der Waals surface area (Å²) in [5, 5.41) is 3.31. The number of halogens is 2. The van der Waals surface area contributed by atoms with Gasteiger partial charge < -0.3 is 5.32 Å². The smallest absolute Gasteiger partial charge is 0.141 e. The van der Waals surface area contributed by atoms with Gasteiger partial charge in [-0.05, 0) is 23.3 Å². The lowest BCUT2D eigenvalue weighted by molar-refractivity contribution is 0.628. The quantitative estimate of drug-likeness (QED) is 0.730. The van der Waals surface area contributed by atoms with Crippen LogP contribution in [0.3, 0.4) is 0 Å². The Kier molecular flexibility index (Phi) is 2.34. The molecular weight excluding hydrogens is 189 g/mol. The Morgan fingerprint density at radius 2 is 2.15 bits per heavy atom. The van der Waals surface area contributed by atoms with Crippen LogP contribution in [0.15, 0.2) is 23.8 Å². The van der Waals surface area contributed by atoms with E-state index >= 15 is 0 Å². The zero-order valence-corrected chi connectivity index (χ0v) is 7.74. The van der Waals surface area contributed by atoms with E-state index in [1.54, 1.807) is 12.1 Å². The number of rotatable bonds is 1. The molecule has 2 rings (SSSR count). The first-order chi connectivity index (χ1) is 6.25. The van der Waals surface area contributed by atoms with Crippen LogP contribution in [0, 0.1) is 5.82 Å². The number of nitrogens with one attached hydrogen (secondary N) is 1. The summed E-state index contributed by atoms with van der Waals surface area (Å²) in [4.78, 5) is 0. The first-order valence-electron chi connectivity index (χ1n) is 4.11. The Bertz CT molecular complexity index is 354. The van der Waals surface area contributed by atoms with Gasteiger partial charge in [-0.1, -0.05) is 23.7 Å². The van der Waals surface area contributed by atoms with Crippen molar-refractivity contribution < 1.29 is 4.39 Å². The second-order valence-electron chi connectivity index (χ2n) is 3.08. The Morgan fingerprint density at radius 3 is 2.69 bits per heavy atom. The van der Waals surface area contributed by atoms with Crippen molar-refractivity contribution in [3.8, 4) is 0 Å². The first-order valence-corrected chi connectivity index (χ1v) is 4.49. The summed E-state index contributed by atoms with van der Waals surface area (Å²) in [5.74, 6) is -0.365. The zero-order valence-electron chi connectivity index (χ0n) is 6.98. The van der Waals surface area contributed by atoms with E-state index in [0.29, 0.717) is 0 Å². The molecule has 1 heterocycles. The normalized spacial score (nSPS) is 15.4. The second kappa shape index (κ2) is 3.48. The molecule has 1 nitrogen and oxygen atoms in total. The molecule has 1 N–H and O–H groups in total. The molecular formula is C10H9ClFN. The Balaban J connectivity index is 2.26. The number of benzene rings is 1. The second-order valence-corrected chi connectivity index (χ2v) is 3.49. The molecule has 1 aliphatic heterocycles. The maximum absolute atomic E-state index is 12.8. The molecule has 0 atom stereocenters. The minimum absolute atomic E-state index is 0.182. The maximum Gasteiger partial charge on any atom is 0.141 e. The van der Waals surface area contributed by atoms with Gasteiger partial charge in [-0.3, -0.25) is 0 Å². The van der Waals surface area contributed by atoms with Crippen molar-refractivity contribution in [3.63, 3.8) is 0 Å². The molecule has 0 aliphatic carbocycles. The van der Waals surface area contributed by atoms with Gasteiger partial charge in [0.25, 0.3) is 0 Å². The molecule has 0 bridgehead atoms. The topological polar surface area (TPSA) is 12.0 Å². The molecule has 0 spiro atoms. The molecule has 0 radical (unpaired) electrons. The van der Waals surface area contributed by atoms with E-state index in [1.165, 1.54) is 11.6 Å². The highest BCUT2D eigenvalue weighted by Gasteiger charge is 2.07. The van der Waals surface area contributed by atoms with Gasteiger partial charge in [-0.2, -0.15) is 0 Å². The van der Waals surface area contributed by atoms with Crippen molar-refractivity contribution in [2.45, 2.75) is 0 Å². The molecule has 1 saturated heterocycles. The van der Waals surface area contributed by atoms with E-state index in [2.05, 4.69) is 5.32 Å². The van der Waals surface area contributed by atoms with E-state index in [0.717, 1.165) is 18.7 Å². The van der Waals surface area contributed by atoms with Crippen LogP contribution < -0.4 is 5.32 Å². The lowest BCUT2D eigenvalue weighted by Gasteiger charge is -2.18. The average molecular weight is 198 g/mol. The molecule has 0 saturated carbocycles. The van der Waals surface area contributed by atoms with Gasteiger partial charge >= 0.3 is 0 Å². The van der Waals surface area contributed by atoms with Gasteiger partial charge in [0, 0.05) is 13.1 Å². The van der Waals surface area contributed by atoms with Crippen LogP contribution in [-0.4, -0.2) is 13.1 Å². The van der Waals surface area contributed by atoms with E-state index in [9.17, 15) is 4.39 Å². The van der Waals surface area contributed by atoms with Crippen LogP contribution >= 0.6 is 11.6 Å². The summed E-state index contributed by atoms with van der Waals surface area (Å²) >= 11 is 5.64. The molecule has 13 heavy (non-hydrogen) atoms. The van der Waals surface area contributed by atoms with Crippen LogP contribution in [0.4, 0.5) is 4.39 Å². The summed E-state index contributed by atoms with van der Waals surface area (Å²) in [6.45, 7) is 1.85. The summed E-state index contributed by atoms with van der Waals surface area (Å²) in [5.41, 5.74) is 2.28. The van der Waals surface area contributed by atoms with Crippen LogP contribution in [-0.2, 0) is 0 Å². The minimum atomic E-state index is -0.365. The molecule has 68 valence electrons. The number of hydrogen-bond acceptors (Lipinski definition) is 1. The molecule has 0 unspecified atom stereocenters. The fourth-order valence-electron chi connectivity index (χ4n) is 1.21. The van der Waals surface area contributed by atoms with Crippen LogP contribution in [0.2, 0.25) is 5.02 Å². The van der Waals surface area contributed by atoms with Gasteiger partial charge in [0.05, 0.1) is 5.02 Å². The largest absolute Gasteiger partial charge is 0.309 e. The Labute approximate surface area is 81.2 Å². The van der Waals surface area contributed by atoms with Crippen molar-refractivity contribution >= 4 is 17.7 Å². The van der Waals surface area contributed by atoms with E-state index in [1.807, 2.05) is 6.08 Å². The third-order valence-corrected chi connectivity index (χ3v) is 2.31. The Morgan fingerprint density at radius 1 is 1.38 bits per heavy atom. The number of hydrogen-bond donors (Lipinski definition) is 1. The molecule has 3 heteroatoms. The first kappa shape index (κ1) is 8.73. The highest BCUT2D eigenvalue weighted by molar-refractivity contribution is 6.30. The predicted octanol–water partition coefficient (Wildman–Crippen LogP) is 2.47. The molecule has 1 aliphatic rings. The maximum atomic E-state index is 12.8. The van der Waals surface area contributed by atoms with Crippen molar-refractivity contribution in [2.24, 2.45) is 0 Å². The lowest BCUT2D eigenvalue weighted by Crippen LogP contribution is -2.33. The van der Waals surface area contributed by atoms with Crippen molar-refractivity contribution in [1.82, 2.24) is 5.32 Å². The Hall–Kier alpha value is -0.860. The highest BCUT2D eigenvalue weighted by atomic mass is 35.5. The van der Waals surface area contributed by atoms with Gasteiger partial charge in [0.1, 0.15) is 5.82 Å². The van der Waals surface area contributed by atoms with Crippen LogP contribution in [0.25, 0.3) is 6.08 Å². The van der Waals surface area contributed by atoms with Gasteiger partial charge in [-0.15, -0.1) is 0 Å². The van der Waals surface area contributed by atoms with Crippen molar-refractivity contribution in [2.75, 3.05) is 13.1 Å². The SMILES string of the molecule is Fc1ccc(C=C2CNC2)cc1Cl. The van der Waals surface area contributed by atoms with Crippen LogP contribution in [0.1, 0.15) is 5.56 Å². The minimum Gasteiger partial charge on any atom is -0.309 e. The summed E-state index contributed by atoms with van der Waals surface area (Å²) in [6, 6.07) is 4.76. The fourth-order valence-corrected chi connectivity index (χ4v) is 1.40. The molecule has 0 amide bonds. The predicted molar refractivity (Wildman–Crippen MR) is 52.3 cm³/mol. The zero-order chi connectivity index (χ0) is 9.26. The monoisotopic (exact) mass is 197 g/mol. The average Bonchev–Trinajstić information content (AvgIpc) is 2.04. The molecule has 1 fully saturated rings. The van der Waals surface area contributed by atoms with Crippen molar-refractivity contribution in [3.05, 3.63) is 40.2 Å². The standard InChI is InChI=1S/C10H9ClFN/c11-9-4-7(1-2-10(9)12)3-8-5-13-6-8/h1-4,13H,5-6H2. The van der Waals surface area contributed by atoms with Crippen LogP contribution in [0.5, 0.6) is 0 Å². The molecule has 1 aromatic carbocycles. The molecule has 0 aromatic heterocycles. The van der Waals surface area contributed by atoms with Gasteiger partial charge in [-0.25, -0.2) is 4.39 Å². The summed E-state index contributed by atoms with van der Waals surface area (Å²) in [6.07, 6.45) is 2.03. The molecule has 1 aromatic rings.